The Morgan fingerprint density at radius 2 is 2.13 bits per heavy atom. The minimum Gasteiger partial charge on any atom is -0.387 e. The summed E-state index contributed by atoms with van der Waals surface area (Å²) >= 11 is 0. The number of rotatable bonds is 4. The Kier molecular flexibility index (Phi) is 4.06. The molecule has 126 valence electrons. The van der Waals surface area contributed by atoms with Crippen LogP contribution in [0.2, 0.25) is 0 Å². The standard InChI is InChI=1S/C10H14N5O7P/c11-8-5-9(13-2-12-5)15(3-14-8)10-7(17)6(16)4(22-10)1-21-23(18,19)20/h2-4,6-7,10,16-17H,1H2,(H4,11,12,13,18,19,20)/p+1/t4-,6+,7-,10-/m0/s1. The molecule has 0 bridgehead atoms. The number of phosphoric acid groups is 1. The van der Waals surface area contributed by atoms with E-state index < -0.39 is 39.0 Å². The van der Waals surface area contributed by atoms with E-state index in [2.05, 4.69) is 19.5 Å². The van der Waals surface area contributed by atoms with Gasteiger partial charge in [0, 0.05) is 0 Å². The highest BCUT2D eigenvalue weighted by Crippen LogP contribution is 2.37. The van der Waals surface area contributed by atoms with Crippen LogP contribution in [-0.2, 0) is 13.8 Å². The SMILES string of the molecule is Nc1nc[n+]([C@H]2O[C@@H](COP(=O)(O)O)[C@@H](O)[C@@H]2O)c2nc[nH]c12. The van der Waals surface area contributed by atoms with E-state index in [1.54, 1.807) is 0 Å². The summed E-state index contributed by atoms with van der Waals surface area (Å²) in [6.45, 7) is -0.592. The van der Waals surface area contributed by atoms with Crippen molar-refractivity contribution in [1.82, 2.24) is 15.0 Å². The Bertz CT molecular complexity index is 763. The van der Waals surface area contributed by atoms with Gasteiger partial charge >= 0.3 is 7.82 Å². The van der Waals surface area contributed by atoms with E-state index in [-0.39, 0.29) is 5.82 Å². The number of phosphoric ester groups is 1. The molecule has 2 aromatic rings. The van der Waals surface area contributed by atoms with Crippen LogP contribution in [-0.4, -0.2) is 59.9 Å². The number of aromatic nitrogens is 4. The molecule has 0 aliphatic carbocycles. The summed E-state index contributed by atoms with van der Waals surface area (Å²) in [7, 11) is -4.72. The van der Waals surface area contributed by atoms with Crippen molar-refractivity contribution in [3.63, 3.8) is 0 Å². The van der Waals surface area contributed by atoms with Gasteiger partial charge in [0.1, 0.15) is 18.3 Å². The number of aliphatic hydroxyl groups excluding tert-OH is 2. The molecule has 12 nitrogen and oxygen atoms in total. The van der Waals surface area contributed by atoms with Crippen LogP contribution in [0.4, 0.5) is 5.82 Å². The van der Waals surface area contributed by atoms with Crippen molar-refractivity contribution in [2.75, 3.05) is 12.3 Å². The molecule has 0 radical (unpaired) electrons. The van der Waals surface area contributed by atoms with E-state index in [1.165, 1.54) is 17.2 Å². The van der Waals surface area contributed by atoms with E-state index in [0.29, 0.717) is 11.2 Å². The predicted octanol–water partition coefficient (Wildman–Crippen LogP) is -2.44. The Morgan fingerprint density at radius 3 is 2.83 bits per heavy atom. The zero-order valence-corrected chi connectivity index (χ0v) is 12.4. The zero-order valence-electron chi connectivity index (χ0n) is 11.6. The highest BCUT2D eigenvalue weighted by molar-refractivity contribution is 7.46. The van der Waals surface area contributed by atoms with E-state index in [0.717, 1.165) is 0 Å². The van der Waals surface area contributed by atoms with Gasteiger partial charge in [-0.05, 0) is 0 Å². The van der Waals surface area contributed by atoms with Crippen LogP contribution in [0.3, 0.4) is 0 Å². The Labute approximate surface area is 128 Å². The second-order valence-electron chi connectivity index (χ2n) is 4.97. The van der Waals surface area contributed by atoms with Crippen molar-refractivity contribution in [2.45, 2.75) is 24.5 Å². The third-order valence-electron chi connectivity index (χ3n) is 3.46. The molecule has 13 heteroatoms. The molecule has 1 fully saturated rings. The highest BCUT2D eigenvalue weighted by atomic mass is 31.2. The first-order chi connectivity index (χ1) is 10.8. The molecule has 0 amide bonds. The molecule has 1 aliphatic rings. The predicted molar refractivity (Wildman–Crippen MR) is 72.4 cm³/mol. The van der Waals surface area contributed by atoms with Crippen LogP contribution in [0, 0.1) is 0 Å². The number of nitrogens with two attached hydrogens (primary N) is 1. The normalized spacial score (nSPS) is 28.5. The summed E-state index contributed by atoms with van der Waals surface area (Å²) in [5, 5.41) is 20.1. The molecule has 2 aromatic heterocycles. The monoisotopic (exact) mass is 348 g/mol. The first-order valence-electron chi connectivity index (χ1n) is 6.48. The number of ether oxygens (including phenoxy) is 1. The number of fused-ring (bicyclic) bond motifs is 1. The second kappa shape index (κ2) is 5.76. The van der Waals surface area contributed by atoms with Crippen LogP contribution in [0.25, 0.3) is 11.2 Å². The molecule has 0 saturated carbocycles. The fraction of sp³-hybridized carbons (Fsp3) is 0.500. The van der Waals surface area contributed by atoms with Gasteiger partial charge in [0.15, 0.2) is 11.8 Å². The van der Waals surface area contributed by atoms with Gasteiger partial charge in [-0.1, -0.05) is 9.97 Å². The number of hydrogen-bond acceptors (Lipinski definition) is 8. The van der Waals surface area contributed by atoms with Gasteiger partial charge < -0.3 is 35.5 Å². The quantitative estimate of drug-likeness (QED) is 0.256. The Morgan fingerprint density at radius 1 is 1.39 bits per heavy atom. The van der Waals surface area contributed by atoms with Gasteiger partial charge in [0.05, 0.1) is 6.61 Å². The molecule has 0 aromatic carbocycles. The summed E-state index contributed by atoms with van der Waals surface area (Å²) in [6, 6.07) is 0. The molecule has 0 spiro atoms. The van der Waals surface area contributed by atoms with Gasteiger partial charge in [-0.2, -0.15) is 0 Å². The van der Waals surface area contributed by atoms with Crippen molar-refractivity contribution in [3.8, 4) is 0 Å². The third-order valence-corrected chi connectivity index (χ3v) is 3.95. The lowest BCUT2D eigenvalue weighted by Gasteiger charge is -2.14. The van der Waals surface area contributed by atoms with Crippen LogP contribution in [0.15, 0.2) is 12.7 Å². The maximum absolute atomic E-state index is 10.7. The lowest BCUT2D eigenvalue weighted by Crippen LogP contribution is -2.47. The molecule has 3 rings (SSSR count). The highest BCUT2D eigenvalue weighted by Gasteiger charge is 2.47. The van der Waals surface area contributed by atoms with Crippen LogP contribution in [0.5, 0.6) is 0 Å². The minimum atomic E-state index is -4.72. The zero-order chi connectivity index (χ0) is 16.8. The summed E-state index contributed by atoms with van der Waals surface area (Å²) in [6.07, 6.45) is -2.34. The van der Waals surface area contributed by atoms with Crippen LogP contribution < -0.4 is 10.3 Å². The molecule has 4 atom stereocenters. The molecular weight excluding hydrogens is 333 g/mol. The smallest absolute Gasteiger partial charge is 0.387 e. The number of H-pyrrole nitrogens is 1. The second-order valence-corrected chi connectivity index (χ2v) is 6.21. The van der Waals surface area contributed by atoms with E-state index in [9.17, 15) is 14.8 Å². The Balaban J connectivity index is 1.87. The fourth-order valence-corrected chi connectivity index (χ4v) is 2.71. The number of aromatic amines is 1. The third kappa shape index (κ3) is 3.05. The van der Waals surface area contributed by atoms with Crippen LogP contribution in [0.1, 0.15) is 6.23 Å². The number of anilines is 1. The number of aliphatic hydroxyl groups is 2. The largest absolute Gasteiger partial charge is 0.469 e. The molecule has 1 aliphatic heterocycles. The van der Waals surface area contributed by atoms with Crippen LogP contribution >= 0.6 is 7.82 Å². The van der Waals surface area contributed by atoms with Crippen molar-refractivity contribution in [1.29, 1.82) is 0 Å². The van der Waals surface area contributed by atoms with Gasteiger partial charge in [-0.3, -0.25) is 4.52 Å². The van der Waals surface area contributed by atoms with Crippen molar-refractivity contribution >= 4 is 24.8 Å². The first kappa shape index (κ1) is 16.2. The Hall–Kier alpha value is -1.66. The van der Waals surface area contributed by atoms with Gasteiger partial charge in [0.2, 0.25) is 18.4 Å². The van der Waals surface area contributed by atoms with Crippen molar-refractivity contribution < 1.29 is 38.4 Å². The number of hydrogen-bond donors (Lipinski definition) is 6. The van der Waals surface area contributed by atoms with Gasteiger partial charge in [0.25, 0.3) is 5.65 Å². The van der Waals surface area contributed by atoms with E-state index >= 15 is 0 Å². The van der Waals surface area contributed by atoms with Crippen molar-refractivity contribution in [3.05, 3.63) is 12.7 Å². The lowest BCUT2D eigenvalue weighted by molar-refractivity contribution is -0.747. The first-order valence-corrected chi connectivity index (χ1v) is 8.01. The fourth-order valence-electron chi connectivity index (χ4n) is 2.37. The number of nitrogens with one attached hydrogen (secondary N) is 1. The van der Waals surface area contributed by atoms with Gasteiger partial charge in [-0.25, -0.2) is 9.13 Å². The summed E-state index contributed by atoms with van der Waals surface area (Å²) in [5.74, 6) is 0.197. The average molecular weight is 348 g/mol. The van der Waals surface area contributed by atoms with E-state index in [4.69, 9.17) is 20.3 Å². The number of imidazole rings is 1. The molecule has 3 heterocycles. The lowest BCUT2D eigenvalue weighted by atomic mass is 10.1. The molecule has 7 N–H and O–H groups in total. The van der Waals surface area contributed by atoms with Crippen molar-refractivity contribution in [2.24, 2.45) is 0 Å². The molecule has 23 heavy (non-hydrogen) atoms. The van der Waals surface area contributed by atoms with E-state index in [1.807, 2.05) is 0 Å². The topological polar surface area (TPSA) is 188 Å². The maximum atomic E-state index is 10.7. The molecule has 1 saturated heterocycles. The molecule has 0 unspecified atom stereocenters. The summed E-state index contributed by atoms with van der Waals surface area (Å²) in [5.41, 5.74) is 6.46. The number of nitrogen functional groups attached to an aromatic ring is 1. The average Bonchev–Trinajstić information content (AvgIpc) is 3.06. The summed E-state index contributed by atoms with van der Waals surface area (Å²) < 4.78 is 21.8. The number of nitrogens with zero attached hydrogens (tertiary/aromatic N) is 3. The van der Waals surface area contributed by atoms with Gasteiger partial charge in [-0.15, -0.1) is 0 Å². The maximum Gasteiger partial charge on any atom is 0.469 e. The minimum absolute atomic E-state index is 0.197. The molecular formula is C10H15N5O7P+. The summed E-state index contributed by atoms with van der Waals surface area (Å²) in [4.78, 5) is 28.2.